The van der Waals surface area contributed by atoms with E-state index in [0.717, 1.165) is 25.1 Å². The fraction of sp³-hybridized carbons (Fsp3) is 0.571. The highest BCUT2D eigenvalue weighted by atomic mass is 32.2. The Morgan fingerprint density at radius 1 is 1.25 bits per heavy atom. The van der Waals surface area contributed by atoms with E-state index in [0.29, 0.717) is 0 Å². The number of sulfonamides is 1. The van der Waals surface area contributed by atoms with Crippen LogP contribution in [-0.2, 0) is 10.0 Å². The molecule has 0 unspecified atom stereocenters. The maximum atomic E-state index is 12.0. The smallest absolute Gasteiger partial charge is 0.240 e. The Bertz CT molecular complexity index is 548. The summed E-state index contributed by atoms with van der Waals surface area (Å²) in [7, 11) is -3.43. The van der Waals surface area contributed by atoms with Crippen LogP contribution in [0, 0.1) is 5.41 Å². The Kier molecular flexibility index (Phi) is 4.36. The molecule has 6 heteroatoms. The van der Waals surface area contributed by atoms with Crippen molar-refractivity contribution < 1.29 is 13.5 Å². The van der Waals surface area contributed by atoms with Crippen molar-refractivity contribution in [2.24, 2.45) is 5.41 Å². The molecule has 0 aliphatic heterocycles. The molecule has 0 bridgehead atoms. The third-order valence-corrected chi connectivity index (χ3v) is 5.19. The zero-order chi connectivity index (χ0) is 14.8. The van der Waals surface area contributed by atoms with Crippen LogP contribution in [0.25, 0.3) is 0 Å². The summed E-state index contributed by atoms with van der Waals surface area (Å²) in [6.45, 7) is 4.50. The molecule has 0 radical (unpaired) electrons. The topological polar surface area (TPSA) is 78.4 Å². The van der Waals surface area contributed by atoms with E-state index < -0.39 is 10.0 Å². The Morgan fingerprint density at radius 3 is 2.30 bits per heavy atom. The van der Waals surface area contributed by atoms with Gasteiger partial charge in [0.05, 0.1) is 11.5 Å². The van der Waals surface area contributed by atoms with E-state index in [2.05, 4.69) is 10.0 Å². The molecule has 20 heavy (non-hydrogen) atoms. The summed E-state index contributed by atoms with van der Waals surface area (Å²) in [5, 5.41) is 12.5. The van der Waals surface area contributed by atoms with Gasteiger partial charge in [-0.15, -0.1) is 0 Å². The van der Waals surface area contributed by atoms with Crippen LogP contribution in [0.3, 0.4) is 0 Å². The summed E-state index contributed by atoms with van der Waals surface area (Å²) in [6.07, 6.45) is 2.09. The highest BCUT2D eigenvalue weighted by molar-refractivity contribution is 7.89. The Morgan fingerprint density at radius 2 is 1.85 bits per heavy atom. The molecule has 0 spiro atoms. The maximum absolute atomic E-state index is 12.0. The Balaban J connectivity index is 1.99. The van der Waals surface area contributed by atoms with Crippen molar-refractivity contribution in [1.82, 2.24) is 4.72 Å². The van der Waals surface area contributed by atoms with Gasteiger partial charge in [0.1, 0.15) is 0 Å². The van der Waals surface area contributed by atoms with Crippen LogP contribution in [0.1, 0.15) is 26.7 Å². The number of rotatable bonds is 7. The second-order valence-corrected chi connectivity index (χ2v) is 7.53. The third kappa shape index (κ3) is 3.71. The van der Waals surface area contributed by atoms with Gasteiger partial charge in [-0.2, -0.15) is 0 Å². The van der Waals surface area contributed by atoms with Gasteiger partial charge in [0, 0.05) is 23.7 Å². The monoisotopic (exact) mass is 298 g/mol. The highest BCUT2D eigenvalue weighted by Crippen LogP contribution is 2.44. The Hall–Kier alpha value is -1.11. The average molecular weight is 298 g/mol. The first kappa shape index (κ1) is 15.3. The van der Waals surface area contributed by atoms with Gasteiger partial charge in [0.2, 0.25) is 10.0 Å². The van der Waals surface area contributed by atoms with E-state index in [1.807, 2.05) is 0 Å². The lowest BCUT2D eigenvalue weighted by Gasteiger charge is -2.14. The zero-order valence-electron chi connectivity index (χ0n) is 11.9. The first-order chi connectivity index (χ1) is 9.37. The largest absolute Gasteiger partial charge is 0.396 e. The van der Waals surface area contributed by atoms with Gasteiger partial charge in [0.25, 0.3) is 0 Å². The normalized spacial score (nSPS) is 17.2. The van der Waals surface area contributed by atoms with E-state index >= 15 is 0 Å². The standard InChI is InChI=1S/C14H22N2O3S/c1-11(2)16-20(18,19)13-5-3-12(4-6-13)15-9-14(10-17)7-8-14/h3-6,11,15-17H,7-10H2,1-2H3. The maximum Gasteiger partial charge on any atom is 0.240 e. The predicted molar refractivity (Wildman–Crippen MR) is 79.1 cm³/mol. The van der Waals surface area contributed by atoms with Gasteiger partial charge < -0.3 is 10.4 Å². The minimum Gasteiger partial charge on any atom is -0.396 e. The molecule has 1 saturated carbocycles. The Labute approximate surface area is 120 Å². The number of hydrogen-bond acceptors (Lipinski definition) is 4. The lowest BCUT2D eigenvalue weighted by Crippen LogP contribution is -2.30. The summed E-state index contributed by atoms with van der Waals surface area (Å²) in [5.74, 6) is 0. The van der Waals surface area contributed by atoms with Crippen LogP contribution in [0.4, 0.5) is 5.69 Å². The lowest BCUT2D eigenvalue weighted by atomic mass is 10.1. The molecule has 1 fully saturated rings. The van der Waals surface area contributed by atoms with Gasteiger partial charge in [-0.05, 0) is 51.0 Å². The molecule has 3 N–H and O–H groups in total. The molecular formula is C14H22N2O3S. The molecule has 112 valence electrons. The minimum atomic E-state index is -3.43. The molecular weight excluding hydrogens is 276 g/mol. The molecule has 1 aromatic rings. The summed E-state index contributed by atoms with van der Waals surface area (Å²) in [4.78, 5) is 0.264. The van der Waals surface area contributed by atoms with Crippen molar-refractivity contribution in [1.29, 1.82) is 0 Å². The van der Waals surface area contributed by atoms with Crippen LogP contribution in [0.5, 0.6) is 0 Å². The second-order valence-electron chi connectivity index (χ2n) is 5.81. The summed E-state index contributed by atoms with van der Waals surface area (Å²) in [6, 6.07) is 6.55. The van der Waals surface area contributed by atoms with Crippen molar-refractivity contribution in [3.63, 3.8) is 0 Å². The third-order valence-electron chi connectivity index (χ3n) is 3.52. The van der Waals surface area contributed by atoms with Crippen LogP contribution >= 0.6 is 0 Å². The number of aliphatic hydroxyl groups excluding tert-OH is 1. The van der Waals surface area contributed by atoms with Gasteiger partial charge in [-0.3, -0.25) is 0 Å². The van der Waals surface area contributed by atoms with E-state index in [1.54, 1.807) is 38.1 Å². The SMILES string of the molecule is CC(C)NS(=O)(=O)c1ccc(NCC2(CO)CC2)cc1. The molecule has 0 saturated heterocycles. The average Bonchev–Trinajstić information content (AvgIpc) is 3.16. The molecule has 1 aliphatic rings. The van der Waals surface area contributed by atoms with E-state index in [1.165, 1.54) is 0 Å². The molecule has 0 aromatic heterocycles. The van der Waals surface area contributed by atoms with Crippen molar-refractivity contribution >= 4 is 15.7 Å². The van der Waals surface area contributed by atoms with Crippen molar-refractivity contribution in [3.05, 3.63) is 24.3 Å². The van der Waals surface area contributed by atoms with E-state index in [-0.39, 0.29) is 23.0 Å². The summed E-state index contributed by atoms with van der Waals surface area (Å²) >= 11 is 0. The molecule has 0 amide bonds. The molecule has 1 aromatic carbocycles. The van der Waals surface area contributed by atoms with Gasteiger partial charge in [-0.25, -0.2) is 13.1 Å². The van der Waals surface area contributed by atoms with E-state index in [9.17, 15) is 13.5 Å². The number of anilines is 1. The molecule has 2 rings (SSSR count). The fourth-order valence-corrected chi connectivity index (χ4v) is 3.24. The first-order valence-electron chi connectivity index (χ1n) is 6.84. The highest BCUT2D eigenvalue weighted by Gasteiger charge is 2.41. The molecule has 0 atom stereocenters. The number of benzene rings is 1. The van der Waals surface area contributed by atoms with Crippen LogP contribution in [0.15, 0.2) is 29.2 Å². The minimum absolute atomic E-state index is 0.0317. The summed E-state index contributed by atoms with van der Waals surface area (Å²) in [5.41, 5.74) is 0.900. The van der Waals surface area contributed by atoms with Gasteiger partial charge >= 0.3 is 0 Å². The molecule has 1 aliphatic carbocycles. The van der Waals surface area contributed by atoms with Gasteiger partial charge in [-0.1, -0.05) is 0 Å². The second kappa shape index (κ2) is 5.71. The van der Waals surface area contributed by atoms with Gasteiger partial charge in [0.15, 0.2) is 0 Å². The number of aliphatic hydroxyl groups is 1. The van der Waals surface area contributed by atoms with E-state index in [4.69, 9.17) is 0 Å². The van der Waals surface area contributed by atoms with Crippen molar-refractivity contribution in [3.8, 4) is 0 Å². The quantitative estimate of drug-likeness (QED) is 0.714. The van der Waals surface area contributed by atoms with Crippen molar-refractivity contribution in [2.45, 2.75) is 37.6 Å². The predicted octanol–water partition coefficient (Wildman–Crippen LogP) is 1.56. The molecule has 5 nitrogen and oxygen atoms in total. The molecule has 0 heterocycles. The van der Waals surface area contributed by atoms with Crippen LogP contribution in [-0.4, -0.2) is 32.7 Å². The first-order valence-corrected chi connectivity index (χ1v) is 8.32. The lowest BCUT2D eigenvalue weighted by molar-refractivity contribution is 0.220. The van der Waals surface area contributed by atoms with Crippen molar-refractivity contribution in [2.75, 3.05) is 18.5 Å². The number of hydrogen-bond donors (Lipinski definition) is 3. The fourth-order valence-electron chi connectivity index (χ4n) is 1.99. The number of nitrogens with one attached hydrogen (secondary N) is 2. The van der Waals surface area contributed by atoms with Crippen LogP contribution < -0.4 is 10.0 Å². The van der Waals surface area contributed by atoms with Crippen LogP contribution in [0.2, 0.25) is 0 Å². The summed E-state index contributed by atoms with van der Waals surface area (Å²) < 4.78 is 26.5. The zero-order valence-corrected chi connectivity index (χ0v) is 12.7.